The fourth-order valence-electron chi connectivity index (χ4n) is 2.60. The molecule has 0 unspecified atom stereocenters. The lowest BCUT2D eigenvalue weighted by Gasteiger charge is -1.95. The summed E-state index contributed by atoms with van der Waals surface area (Å²) in [5.41, 5.74) is 4.57. The second-order valence-electron chi connectivity index (χ2n) is 5.37. The van der Waals surface area contributed by atoms with Crippen LogP contribution in [0.15, 0.2) is 22.9 Å². The van der Waals surface area contributed by atoms with Gasteiger partial charge >= 0.3 is 11.9 Å². The molecule has 25 heavy (non-hydrogen) atoms. The number of aromatic nitrogens is 2. The zero-order valence-corrected chi connectivity index (χ0v) is 15.4. The Hall–Kier alpha value is -2.58. The normalized spacial score (nSPS) is 10.7. The SMILES string of the molecule is COC(=O)c1[nH]c2ccsc2c1C.Cc1c(C(=O)O)[nH]c2ccsc12. The number of carboxylic acid groups (broad SMARTS) is 1. The van der Waals surface area contributed by atoms with Crippen LogP contribution in [0.3, 0.4) is 0 Å². The Morgan fingerprint density at radius 3 is 1.88 bits per heavy atom. The maximum atomic E-state index is 11.3. The monoisotopic (exact) mass is 376 g/mol. The topological polar surface area (TPSA) is 95.2 Å². The molecular formula is C17H16N2O4S2. The Balaban J connectivity index is 0.000000146. The standard InChI is InChI=1S/C9H9NO2S.C8H7NO2S/c1-5-7(9(11)12-2)10-6-3-4-13-8(5)6;1-4-6(8(10)11)9-5-2-3-12-7(4)5/h3-4,10H,1-2H3;2-3,9H,1H3,(H,10,11). The van der Waals surface area contributed by atoms with E-state index in [-0.39, 0.29) is 5.97 Å². The molecule has 0 bridgehead atoms. The zero-order chi connectivity index (χ0) is 18.1. The van der Waals surface area contributed by atoms with Crippen LogP contribution in [-0.4, -0.2) is 34.1 Å². The number of thiophene rings is 2. The molecule has 4 aromatic heterocycles. The number of fused-ring (bicyclic) bond motifs is 2. The second-order valence-corrected chi connectivity index (χ2v) is 7.21. The van der Waals surface area contributed by atoms with Gasteiger partial charge in [-0.3, -0.25) is 0 Å². The van der Waals surface area contributed by atoms with Gasteiger partial charge in [0.15, 0.2) is 0 Å². The van der Waals surface area contributed by atoms with Crippen LogP contribution in [0, 0.1) is 13.8 Å². The Bertz CT molecular complexity index is 1070. The van der Waals surface area contributed by atoms with Gasteiger partial charge in [-0.1, -0.05) is 0 Å². The average Bonchev–Trinajstić information content (AvgIpc) is 3.32. The van der Waals surface area contributed by atoms with Gasteiger partial charge in [0, 0.05) is 0 Å². The molecular weight excluding hydrogens is 360 g/mol. The smallest absolute Gasteiger partial charge is 0.354 e. The highest BCUT2D eigenvalue weighted by Gasteiger charge is 2.15. The van der Waals surface area contributed by atoms with E-state index in [2.05, 4.69) is 14.7 Å². The van der Waals surface area contributed by atoms with Gasteiger partial charge in [0.1, 0.15) is 11.4 Å². The van der Waals surface area contributed by atoms with Crippen molar-refractivity contribution in [3.63, 3.8) is 0 Å². The molecule has 3 N–H and O–H groups in total. The highest BCUT2D eigenvalue weighted by atomic mass is 32.1. The van der Waals surface area contributed by atoms with Gasteiger partial charge < -0.3 is 19.8 Å². The van der Waals surface area contributed by atoms with Crippen molar-refractivity contribution in [2.24, 2.45) is 0 Å². The summed E-state index contributed by atoms with van der Waals surface area (Å²) >= 11 is 3.18. The number of carbonyl (C=O) groups is 2. The molecule has 4 rings (SSSR count). The predicted octanol–water partition coefficient (Wildman–Crippen LogP) is 4.56. The van der Waals surface area contributed by atoms with Gasteiger partial charge in [0.05, 0.1) is 27.5 Å². The van der Waals surface area contributed by atoms with Gasteiger partial charge in [-0.2, -0.15) is 0 Å². The Morgan fingerprint density at radius 1 is 0.960 bits per heavy atom. The number of aryl methyl sites for hydroxylation is 2. The molecule has 0 aliphatic rings. The molecule has 0 saturated carbocycles. The van der Waals surface area contributed by atoms with Gasteiger partial charge in [0.2, 0.25) is 0 Å². The summed E-state index contributed by atoms with van der Waals surface area (Å²) in [4.78, 5) is 27.8. The number of H-pyrrole nitrogens is 2. The lowest BCUT2D eigenvalue weighted by molar-refractivity contribution is 0.0593. The average molecular weight is 376 g/mol. The molecule has 130 valence electrons. The van der Waals surface area contributed by atoms with E-state index in [0.29, 0.717) is 11.4 Å². The highest BCUT2D eigenvalue weighted by Crippen LogP contribution is 2.27. The highest BCUT2D eigenvalue weighted by molar-refractivity contribution is 7.17. The minimum atomic E-state index is -0.893. The summed E-state index contributed by atoms with van der Waals surface area (Å²) < 4.78 is 6.81. The summed E-state index contributed by atoms with van der Waals surface area (Å²) in [5.74, 6) is -1.20. The molecule has 0 aliphatic heterocycles. The van der Waals surface area contributed by atoms with Crippen LogP contribution in [0.1, 0.15) is 32.1 Å². The number of aromatic carboxylic acids is 1. The summed E-state index contributed by atoms with van der Waals surface area (Å²) in [6.07, 6.45) is 0. The van der Waals surface area contributed by atoms with Crippen LogP contribution in [0.2, 0.25) is 0 Å². The van der Waals surface area contributed by atoms with Crippen molar-refractivity contribution in [1.29, 1.82) is 0 Å². The summed E-state index contributed by atoms with van der Waals surface area (Å²) in [6.45, 7) is 3.74. The number of carbonyl (C=O) groups excluding carboxylic acids is 1. The van der Waals surface area contributed by atoms with Crippen molar-refractivity contribution < 1.29 is 19.4 Å². The molecule has 0 spiro atoms. The molecule has 4 aromatic rings. The third-order valence-electron chi connectivity index (χ3n) is 3.88. The van der Waals surface area contributed by atoms with Crippen molar-refractivity contribution >= 4 is 55.0 Å². The summed E-state index contributed by atoms with van der Waals surface area (Å²) in [5, 5.41) is 12.7. The Labute approximate surface area is 151 Å². The van der Waals surface area contributed by atoms with E-state index in [1.54, 1.807) is 22.7 Å². The van der Waals surface area contributed by atoms with Gasteiger partial charge in [-0.05, 0) is 47.9 Å². The van der Waals surface area contributed by atoms with E-state index in [1.807, 2.05) is 36.7 Å². The first-order valence-electron chi connectivity index (χ1n) is 7.37. The fraction of sp³-hybridized carbons (Fsp3) is 0.176. The number of hydrogen-bond acceptors (Lipinski definition) is 5. The van der Waals surface area contributed by atoms with E-state index < -0.39 is 5.97 Å². The number of aromatic amines is 2. The molecule has 0 radical (unpaired) electrons. The molecule has 4 heterocycles. The Morgan fingerprint density at radius 2 is 1.44 bits per heavy atom. The van der Waals surface area contributed by atoms with Gasteiger partial charge in [0.25, 0.3) is 0 Å². The second kappa shape index (κ2) is 6.73. The quantitative estimate of drug-likeness (QED) is 0.447. The van der Waals surface area contributed by atoms with Crippen LogP contribution in [0.25, 0.3) is 20.4 Å². The first-order valence-corrected chi connectivity index (χ1v) is 9.13. The number of hydrogen-bond donors (Lipinski definition) is 3. The molecule has 0 atom stereocenters. The minimum Gasteiger partial charge on any atom is -0.477 e. The molecule has 6 nitrogen and oxygen atoms in total. The van der Waals surface area contributed by atoms with Gasteiger partial charge in [-0.25, -0.2) is 9.59 Å². The minimum absolute atomic E-state index is 0.303. The predicted molar refractivity (Wildman–Crippen MR) is 100 cm³/mol. The van der Waals surface area contributed by atoms with Crippen molar-refractivity contribution in [3.8, 4) is 0 Å². The summed E-state index contributed by atoms with van der Waals surface area (Å²) in [6, 6.07) is 3.85. The molecule has 8 heteroatoms. The van der Waals surface area contributed by atoms with Crippen LogP contribution in [0.5, 0.6) is 0 Å². The van der Waals surface area contributed by atoms with Crippen LogP contribution < -0.4 is 0 Å². The van der Waals surface area contributed by atoms with Crippen molar-refractivity contribution in [3.05, 3.63) is 45.4 Å². The van der Waals surface area contributed by atoms with E-state index in [9.17, 15) is 9.59 Å². The van der Waals surface area contributed by atoms with E-state index in [4.69, 9.17) is 5.11 Å². The molecule has 0 fully saturated rings. The van der Waals surface area contributed by atoms with Crippen LogP contribution >= 0.6 is 22.7 Å². The number of rotatable bonds is 2. The van der Waals surface area contributed by atoms with E-state index in [0.717, 1.165) is 31.6 Å². The maximum Gasteiger partial charge on any atom is 0.354 e. The molecule has 0 saturated heterocycles. The van der Waals surface area contributed by atoms with Crippen LogP contribution in [-0.2, 0) is 4.74 Å². The summed E-state index contributed by atoms with van der Waals surface area (Å²) in [7, 11) is 1.39. The Kier molecular flexibility index (Phi) is 4.65. The fourth-order valence-corrected chi connectivity index (χ4v) is 4.33. The number of carboxylic acids is 1. The third-order valence-corrected chi connectivity index (χ3v) is 5.95. The molecule has 0 aromatic carbocycles. The van der Waals surface area contributed by atoms with Crippen molar-refractivity contribution in [2.75, 3.05) is 7.11 Å². The van der Waals surface area contributed by atoms with Crippen molar-refractivity contribution in [2.45, 2.75) is 13.8 Å². The number of methoxy groups -OCH3 is 1. The van der Waals surface area contributed by atoms with E-state index >= 15 is 0 Å². The first-order chi connectivity index (χ1) is 11.9. The number of esters is 1. The molecule has 0 aliphatic carbocycles. The van der Waals surface area contributed by atoms with Crippen LogP contribution in [0.4, 0.5) is 0 Å². The largest absolute Gasteiger partial charge is 0.477 e. The first kappa shape index (κ1) is 17.2. The van der Waals surface area contributed by atoms with Gasteiger partial charge in [-0.15, -0.1) is 22.7 Å². The van der Waals surface area contributed by atoms with E-state index in [1.165, 1.54) is 7.11 Å². The third kappa shape index (κ3) is 3.06. The lowest BCUT2D eigenvalue weighted by Crippen LogP contribution is -2.02. The number of ether oxygens (including phenoxy) is 1. The lowest BCUT2D eigenvalue weighted by atomic mass is 10.3. The van der Waals surface area contributed by atoms with Crippen molar-refractivity contribution in [1.82, 2.24) is 9.97 Å². The number of nitrogens with one attached hydrogen (secondary N) is 2. The molecule has 0 amide bonds. The zero-order valence-electron chi connectivity index (χ0n) is 13.8. The maximum absolute atomic E-state index is 11.3.